The van der Waals surface area contributed by atoms with E-state index in [4.69, 9.17) is 15.2 Å². The van der Waals surface area contributed by atoms with Gasteiger partial charge in [-0.05, 0) is 40.8 Å². The summed E-state index contributed by atoms with van der Waals surface area (Å²) in [5, 5.41) is 1.98. The topological polar surface area (TPSA) is 108 Å². The Morgan fingerprint density at radius 3 is 2.50 bits per heavy atom. The molecule has 2 unspecified atom stereocenters. The number of carbonyl (C=O) groups excluding carboxylic acids is 1. The summed E-state index contributed by atoms with van der Waals surface area (Å²) < 4.78 is 37.1. The molecule has 0 aromatic heterocycles. The van der Waals surface area contributed by atoms with Crippen molar-refractivity contribution in [2.45, 2.75) is 38.9 Å². The number of sulfonamides is 1. The molecule has 0 fully saturated rings. The molecule has 1 amide bonds. The highest BCUT2D eigenvalue weighted by molar-refractivity contribution is 7.89. The SMILES string of the molecule is CCCS(=O)(=O)NCC(C)c1ccc2cc(OC(CC(N)=O)OC)ccc2c1. The third-order valence-electron chi connectivity index (χ3n) is 4.39. The molecule has 154 valence electrons. The number of methoxy groups -OCH3 is 1. The van der Waals surface area contributed by atoms with Gasteiger partial charge in [-0.15, -0.1) is 0 Å². The van der Waals surface area contributed by atoms with Crippen LogP contribution < -0.4 is 15.2 Å². The lowest BCUT2D eigenvalue weighted by atomic mass is 9.98. The number of rotatable bonds is 11. The maximum absolute atomic E-state index is 11.8. The number of hydrogen-bond donors (Lipinski definition) is 2. The molecule has 8 heteroatoms. The standard InChI is InChI=1S/C20H28N2O5S/c1-4-9-28(24,25)22-13-14(2)15-5-6-17-11-18(8-7-16(17)10-15)27-20(26-3)12-19(21)23/h5-8,10-11,14,20,22H,4,9,12-13H2,1-3H3,(H2,21,23). The number of fused-ring (bicyclic) bond motifs is 1. The van der Waals surface area contributed by atoms with Crippen molar-refractivity contribution in [1.82, 2.24) is 4.72 Å². The van der Waals surface area contributed by atoms with Gasteiger partial charge in [0.05, 0.1) is 12.2 Å². The van der Waals surface area contributed by atoms with E-state index in [2.05, 4.69) is 4.72 Å². The molecule has 2 aromatic rings. The smallest absolute Gasteiger partial charge is 0.223 e. The normalized spacial score (nSPS) is 14.0. The summed E-state index contributed by atoms with van der Waals surface area (Å²) in [6, 6.07) is 11.6. The molecule has 2 atom stereocenters. The number of nitrogens with one attached hydrogen (secondary N) is 1. The van der Waals surface area contributed by atoms with Gasteiger partial charge < -0.3 is 15.2 Å². The van der Waals surface area contributed by atoms with Gasteiger partial charge in [-0.25, -0.2) is 13.1 Å². The molecule has 0 aliphatic carbocycles. The maximum Gasteiger partial charge on any atom is 0.223 e. The van der Waals surface area contributed by atoms with Crippen molar-refractivity contribution < 1.29 is 22.7 Å². The van der Waals surface area contributed by atoms with Crippen LogP contribution in [0.3, 0.4) is 0 Å². The molecular weight excluding hydrogens is 380 g/mol. The first-order chi connectivity index (χ1) is 13.2. The van der Waals surface area contributed by atoms with Crippen LogP contribution in [0.15, 0.2) is 36.4 Å². The third kappa shape index (κ3) is 6.47. The third-order valence-corrected chi connectivity index (χ3v) is 5.94. The quantitative estimate of drug-likeness (QED) is 0.556. The highest BCUT2D eigenvalue weighted by Crippen LogP contribution is 2.26. The molecule has 0 bridgehead atoms. The molecule has 0 saturated carbocycles. The van der Waals surface area contributed by atoms with E-state index in [0.29, 0.717) is 18.7 Å². The highest BCUT2D eigenvalue weighted by atomic mass is 32.2. The van der Waals surface area contributed by atoms with Crippen LogP contribution in [0.4, 0.5) is 0 Å². The second-order valence-corrected chi connectivity index (χ2v) is 8.72. The summed E-state index contributed by atoms with van der Waals surface area (Å²) in [5.74, 6) is 0.258. The average molecular weight is 409 g/mol. The van der Waals surface area contributed by atoms with Crippen LogP contribution in [0.2, 0.25) is 0 Å². The number of primary amides is 1. The molecule has 0 heterocycles. The van der Waals surface area contributed by atoms with Gasteiger partial charge in [-0.3, -0.25) is 4.79 Å². The Bertz CT molecular complexity index is 914. The second kappa shape index (κ2) is 9.86. The number of hydrogen-bond acceptors (Lipinski definition) is 5. The van der Waals surface area contributed by atoms with Crippen LogP contribution in [-0.4, -0.2) is 40.0 Å². The zero-order valence-corrected chi connectivity index (χ0v) is 17.3. The van der Waals surface area contributed by atoms with Crippen LogP contribution >= 0.6 is 0 Å². The minimum atomic E-state index is -3.22. The van der Waals surface area contributed by atoms with E-state index >= 15 is 0 Å². The Labute approximate surface area is 166 Å². The van der Waals surface area contributed by atoms with Crippen molar-refractivity contribution in [3.63, 3.8) is 0 Å². The predicted octanol–water partition coefficient (Wildman–Crippen LogP) is 2.50. The number of amides is 1. The summed E-state index contributed by atoms with van der Waals surface area (Å²) in [6.45, 7) is 4.19. The molecule has 0 spiro atoms. The Kier molecular flexibility index (Phi) is 7.79. The Hall–Kier alpha value is -2.16. The fraction of sp³-hybridized carbons (Fsp3) is 0.450. The van der Waals surface area contributed by atoms with Crippen molar-refractivity contribution >= 4 is 26.7 Å². The molecule has 28 heavy (non-hydrogen) atoms. The van der Waals surface area contributed by atoms with E-state index in [1.165, 1.54) is 7.11 Å². The zero-order chi connectivity index (χ0) is 20.7. The first-order valence-electron chi connectivity index (χ1n) is 9.23. The minimum absolute atomic E-state index is 0.0288. The van der Waals surface area contributed by atoms with Crippen LogP contribution in [0, 0.1) is 0 Å². The van der Waals surface area contributed by atoms with Gasteiger partial charge in [-0.1, -0.05) is 38.1 Å². The number of nitrogens with two attached hydrogens (primary N) is 1. The molecule has 0 radical (unpaired) electrons. The van der Waals surface area contributed by atoms with Gasteiger partial charge in [0.25, 0.3) is 0 Å². The molecule has 0 saturated heterocycles. The molecule has 2 aromatic carbocycles. The number of benzene rings is 2. The molecule has 2 rings (SSSR count). The summed E-state index contributed by atoms with van der Waals surface area (Å²) >= 11 is 0. The lowest BCUT2D eigenvalue weighted by molar-refractivity contribution is -0.127. The second-order valence-electron chi connectivity index (χ2n) is 6.79. The minimum Gasteiger partial charge on any atom is -0.464 e. The van der Waals surface area contributed by atoms with Gasteiger partial charge in [-0.2, -0.15) is 0 Å². The maximum atomic E-state index is 11.8. The monoisotopic (exact) mass is 408 g/mol. The molecule has 0 aliphatic heterocycles. The van der Waals surface area contributed by atoms with Gasteiger partial charge in [0.1, 0.15) is 5.75 Å². The van der Waals surface area contributed by atoms with E-state index in [1.807, 2.05) is 44.2 Å². The first-order valence-corrected chi connectivity index (χ1v) is 10.9. The van der Waals surface area contributed by atoms with Crippen molar-refractivity contribution in [1.29, 1.82) is 0 Å². The van der Waals surface area contributed by atoms with Crippen molar-refractivity contribution in [3.05, 3.63) is 42.0 Å². The predicted molar refractivity (Wildman–Crippen MR) is 110 cm³/mol. The van der Waals surface area contributed by atoms with Crippen molar-refractivity contribution in [2.75, 3.05) is 19.4 Å². The summed E-state index contributed by atoms with van der Waals surface area (Å²) in [5.41, 5.74) is 6.23. The van der Waals surface area contributed by atoms with Crippen LogP contribution in [0.25, 0.3) is 10.8 Å². The lowest BCUT2D eigenvalue weighted by Gasteiger charge is -2.17. The zero-order valence-electron chi connectivity index (χ0n) is 16.5. The van der Waals surface area contributed by atoms with E-state index in [9.17, 15) is 13.2 Å². The molecular formula is C20H28N2O5S. The Morgan fingerprint density at radius 1 is 1.18 bits per heavy atom. The van der Waals surface area contributed by atoms with Gasteiger partial charge in [0.2, 0.25) is 22.2 Å². The van der Waals surface area contributed by atoms with Gasteiger partial charge in [0.15, 0.2) is 0 Å². The largest absolute Gasteiger partial charge is 0.464 e. The van der Waals surface area contributed by atoms with Crippen LogP contribution in [0.5, 0.6) is 5.75 Å². The number of ether oxygens (including phenoxy) is 2. The number of carbonyl (C=O) groups is 1. The highest BCUT2D eigenvalue weighted by Gasteiger charge is 2.14. The van der Waals surface area contributed by atoms with Gasteiger partial charge >= 0.3 is 0 Å². The fourth-order valence-corrected chi connectivity index (χ4v) is 4.01. The molecule has 3 N–H and O–H groups in total. The van der Waals surface area contributed by atoms with Crippen LogP contribution in [-0.2, 0) is 19.6 Å². The van der Waals surface area contributed by atoms with E-state index in [1.54, 1.807) is 6.07 Å². The summed E-state index contributed by atoms with van der Waals surface area (Å²) in [7, 11) is -1.76. The lowest BCUT2D eigenvalue weighted by Crippen LogP contribution is -2.29. The Morgan fingerprint density at radius 2 is 1.86 bits per heavy atom. The van der Waals surface area contributed by atoms with E-state index in [0.717, 1.165) is 16.3 Å². The fourth-order valence-electron chi connectivity index (χ4n) is 2.82. The molecule has 0 aliphatic rings. The summed E-state index contributed by atoms with van der Waals surface area (Å²) in [4.78, 5) is 11.0. The summed E-state index contributed by atoms with van der Waals surface area (Å²) in [6.07, 6.45) is -0.169. The van der Waals surface area contributed by atoms with Crippen LogP contribution in [0.1, 0.15) is 38.2 Å². The van der Waals surface area contributed by atoms with E-state index < -0.39 is 22.2 Å². The Balaban J connectivity index is 2.10. The average Bonchev–Trinajstić information content (AvgIpc) is 2.64. The van der Waals surface area contributed by atoms with Gasteiger partial charge in [0, 0.05) is 13.7 Å². The molecule has 7 nitrogen and oxygen atoms in total. The van der Waals surface area contributed by atoms with E-state index in [-0.39, 0.29) is 18.1 Å². The van der Waals surface area contributed by atoms with Crippen molar-refractivity contribution in [2.24, 2.45) is 5.73 Å². The van der Waals surface area contributed by atoms with Crippen molar-refractivity contribution in [3.8, 4) is 5.75 Å². The first kappa shape index (κ1) is 22.1.